The summed E-state index contributed by atoms with van der Waals surface area (Å²) in [5.74, 6) is 0.636. The average Bonchev–Trinajstić information content (AvgIpc) is 3.43. The van der Waals surface area contributed by atoms with Crippen molar-refractivity contribution in [2.75, 3.05) is 12.1 Å². The van der Waals surface area contributed by atoms with Crippen LogP contribution in [0.3, 0.4) is 0 Å². The molecule has 0 bridgehead atoms. The molecule has 0 radical (unpaired) electrons. The molecule has 0 saturated carbocycles. The third-order valence-corrected chi connectivity index (χ3v) is 5.52. The van der Waals surface area contributed by atoms with E-state index in [0.717, 1.165) is 10.2 Å². The molecular weight excluding hydrogens is 425 g/mol. The Morgan fingerprint density at radius 2 is 1.91 bits per heavy atom. The molecule has 2 N–H and O–H groups in total. The van der Waals surface area contributed by atoms with Gasteiger partial charge in [0.2, 0.25) is 6.79 Å². The third kappa shape index (κ3) is 3.83. The first-order chi connectivity index (χ1) is 15.4. The fourth-order valence-electron chi connectivity index (χ4n) is 3.90. The number of nitrogens with one attached hydrogen (secondary N) is 2. The first-order valence-electron chi connectivity index (χ1n) is 10.0. The van der Waals surface area contributed by atoms with Crippen LogP contribution in [0.2, 0.25) is 0 Å². The molecule has 2 aromatic carbocycles. The first-order valence-corrected chi connectivity index (χ1v) is 10.0. The van der Waals surface area contributed by atoms with Gasteiger partial charge in [0, 0.05) is 19.0 Å². The second-order valence-electron chi connectivity index (χ2n) is 7.63. The Hall–Kier alpha value is -3.69. The van der Waals surface area contributed by atoms with E-state index < -0.39 is 24.2 Å². The summed E-state index contributed by atoms with van der Waals surface area (Å²) in [6.45, 7) is 0.327. The van der Waals surface area contributed by atoms with Gasteiger partial charge in [-0.05, 0) is 23.3 Å². The highest BCUT2D eigenvalue weighted by Crippen LogP contribution is 2.45. The molecular formula is C22H19F3N4O3. The molecule has 2 aliphatic heterocycles. The maximum Gasteiger partial charge on any atom is 0.410 e. The van der Waals surface area contributed by atoms with Crippen LogP contribution in [0.4, 0.5) is 19.0 Å². The van der Waals surface area contributed by atoms with Gasteiger partial charge >= 0.3 is 6.18 Å². The topological polar surface area (TPSA) is 77.4 Å². The highest BCUT2D eigenvalue weighted by Gasteiger charge is 2.47. The van der Waals surface area contributed by atoms with Crippen molar-refractivity contribution >= 4 is 11.7 Å². The van der Waals surface area contributed by atoms with Crippen LogP contribution in [-0.2, 0) is 6.54 Å². The van der Waals surface area contributed by atoms with Gasteiger partial charge in [-0.15, -0.1) is 0 Å². The number of alkyl halides is 3. The second kappa shape index (κ2) is 7.77. The lowest BCUT2D eigenvalue weighted by Gasteiger charge is -2.33. The summed E-state index contributed by atoms with van der Waals surface area (Å²) < 4.78 is 53.1. The number of aromatic nitrogens is 2. The average molecular weight is 444 g/mol. The number of hydrogen-bond donors (Lipinski definition) is 2. The minimum absolute atomic E-state index is 0.0796. The summed E-state index contributed by atoms with van der Waals surface area (Å²) in [5, 5.41) is 9.75. The van der Waals surface area contributed by atoms with Crippen LogP contribution in [0.15, 0.2) is 54.6 Å². The van der Waals surface area contributed by atoms with Crippen LogP contribution in [0.25, 0.3) is 0 Å². The van der Waals surface area contributed by atoms with Crippen LogP contribution >= 0.6 is 0 Å². The monoisotopic (exact) mass is 444 g/mol. The van der Waals surface area contributed by atoms with E-state index in [4.69, 9.17) is 9.47 Å². The molecule has 0 saturated heterocycles. The number of ether oxygens (including phenoxy) is 2. The molecule has 0 aliphatic carbocycles. The molecule has 3 aromatic rings. The van der Waals surface area contributed by atoms with Gasteiger partial charge in [-0.1, -0.05) is 36.4 Å². The Balaban J connectivity index is 1.40. The number of carbonyl (C=O) groups is 1. The van der Waals surface area contributed by atoms with Gasteiger partial charge < -0.3 is 20.1 Å². The first kappa shape index (κ1) is 20.2. The number of anilines is 1. The van der Waals surface area contributed by atoms with Gasteiger partial charge in [0.25, 0.3) is 5.91 Å². The predicted octanol–water partition coefficient (Wildman–Crippen LogP) is 4.20. The molecule has 1 amide bonds. The van der Waals surface area contributed by atoms with Crippen molar-refractivity contribution in [1.82, 2.24) is 15.1 Å². The Morgan fingerprint density at radius 3 is 2.69 bits per heavy atom. The smallest absolute Gasteiger partial charge is 0.410 e. The van der Waals surface area contributed by atoms with E-state index in [1.165, 1.54) is 6.07 Å². The fourth-order valence-corrected chi connectivity index (χ4v) is 3.90. The van der Waals surface area contributed by atoms with E-state index in [9.17, 15) is 18.0 Å². The SMILES string of the molecule is O=C(NCc1ccccc1)c1cc2n(n1)[C@H](C(F)(F)F)C[C@H](c1ccc3c(c1)OCO3)N2. The minimum Gasteiger partial charge on any atom is -0.454 e. The van der Waals surface area contributed by atoms with Crippen LogP contribution in [0, 0.1) is 0 Å². The van der Waals surface area contributed by atoms with Gasteiger partial charge in [0.1, 0.15) is 5.82 Å². The number of hydrogen-bond acceptors (Lipinski definition) is 5. The Morgan fingerprint density at radius 1 is 1.12 bits per heavy atom. The van der Waals surface area contributed by atoms with Gasteiger partial charge in [-0.2, -0.15) is 18.3 Å². The lowest BCUT2D eigenvalue weighted by Crippen LogP contribution is -2.35. The number of halogens is 3. The molecule has 2 aliphatic rings. The van der Waals surface area contributed by atoms with Crippen LogP contribution in [0.5, 0.6) is 11.5 Å². The molecule has 32 heavy (non-hydrogen) atoms. The van der Waals surface area contributed by atoms with Gasteiger partial charge in [0.15, 0.2) is 23.2 Å². The van der Waals surface area contributed by atoms with E-state index >= 15 is 0 Å². The highest BCUT2D eigenvalue weighted by molar-refractivity contribution is 5.93. The van der Waals surface area contributed by atoms with Gasteiger partial charge in [-0.3, -0.25) is 4.79 Å². The quantitative estimate of drug-likeness (QED) is 0.631. The zero-order chi connectivity index (χ0) is 22.3. The number of rotatable bonds is 4. The van der Waals surface area contributed by atoms with Crippen molar-refractivity contribution in [3.63, 3.8) is 0 Å². The van der Waals surface area contributed by atoms with Crippen LogP contribution < -0.4 is 20.1 Å². The number of benzene rings is 2. The van der Waals surface area contributed by atoms with Crippen LogP contribution in [-0.4, -0.2) is 28.7 Å². The number of amides is 1. The summed E-state index contributed by atoms with van der Waals surface area (Å²) in [4.78, 5) is 12.5. The normalized spacial score (nSPS) is 19.2. The number of carbonyl (C=O) groups excluding carboxylic acids is 1. The molecule has 10 heteroatoms. The zero-order valence-corrected chi connectivity index (χ0v) is 16.7. The maximum absolute atomic E-state index is 13.9. The van der Waals surface area contributed by atoms with Crippen LogP contribution in [0.1, 0.15) is 40.1 Å². The molecule has 5 rings (SSSR count). The molecule has 0 unspecified atom stereocenters. The summed E-state index contributed by atoms with van der Waals surface area (Å²) in [6.07, 6.45) is -4.81. The van der Waals surface area contributed by atoms with Crippen molar-refractivity contribution in [3.05, 3.63) is 71.4 Å². The molecule has 166 valence electrons. The lowest BCUT2D eigenvalue weighted by atomic mass is 9.96. The van der Waals surface area contributed by atoms with Crippen molar-refractivity contribution in [1.29, 1.82) is 0 Å². The van der Waals surface area contributed by atoms with Crippen molar-refractivity contribution < 1.29 is 27.4 Å². The second-order valence-corrected chi connectivity index (χ2v) is 7.63. The summed E-state index contributed by atoms with van der Waals surface area (Å²) >= 11 is 0. The minimum atomic E-state index is -4.53. The van der Waals surface area contributed by atoms with E-state index in [0.29, 0.717) is 17.1 Å². The van der Waals surface area contributed by atoms with Gasteiger partial charge in [0.05, 0.1) is 6.04 Å². The summed E-state index contributed by atoms with van der Waals surface area (Å²) in [6, 6.07) is 13.1. The molecule has 0 spiro atoms. The van der Waals surface area contributed by atoms with Gasteiger partial charge in [-0.25, -0.2) is 4.68 Å². The lowest BCUT2D eigenvalue weighted by molar-refractivity contribution is -0.173. The maximum atomic E-state index is 13.9. The molecule has 0 fully saturated rings. The number of nitrogens with zero attached hydrogens (tertiary/aromatic N) is 2. The zero-order valence-electron chi connectivity index (χ0n) is 16.7. The Bertz CT molecular complexity index is 1150. The van der Waals surface area contributed by atoms with E-state index in [2.05, 4.69) is 15.7 Å². The molecule has 1 aromatic heterocycles. The largest absolute Gasteiger partial charge is 0.454 e. The predicted molar refractivity (Wildman–Crippen MR) is 108 cm³/mol. The molecule has 7 nitrogen and oxygen atoms in total. The van der Waals surface area contributed by atoms with E-state index in [-0.39, 0.29) is 31.3 Å². The van der Waals surface area contributed by atoms with Crippen molar-refractivity contribution in [3.8, 4) is 11.5 Å². The molecule has 2 atom stereocenters. The van der Waals surface area contributed by atoms with E-state index in [1.54, 1.807) is 18.2 Å². The standard InChI is InChI=1S/C22H19F3N4O3/c23-22(24,25)19-9-15(14-6-7-17-18(8-14)32-12-31-17)27-20-10-16(28-29(19)20)21(30)26-11-13-4-2-1-3-5-13/h1-8,10,15,19,27H,9,11-12H2,(H,26,30)/t15-,19+/m1/s1. The van der Waals surface area contributed by atoms with Crippen molar-refractivity contribution in [2.45, 2.75) is 31.2 Å². The van der Waals surface area contributed by atoms with E-state index in [1.807, 2.05) is 30.3 Å². The third-order valence-electron chi connectivity index (χ3n) is 5.52. The number of fused-ring (bicyclic) bond motifs is 2. The molecule has 3 heterocycles. The Labute approximate surface area is 181 Å². The summed E-state index contributed by atoms with van der Waals surface area (Å²) in [7, 11) is 0. The van der Waals surface area contributed by atoms with Crippen molar-refractivity contribution in [2.24, 2.45) is 0 Å². The fraction of sp³-hybridized carbons (Fsp3) is 0.273. The highest BCUT2D eigenvalue weighted by atomic mass is 19.4. The Kier molecular flexibility index (Phi) is 4.91. The summed E-state index contributed by atoms with van der Waals surface area (Å²) in [5.41, 5.74) is 1.43.